The normalized spacial score (nSPS) is 12.3. The molecule has 1 atom stereocenters. The smallest absolute Gasteiger partial charge is 0.260 e. The first-order valence-electron chi connectivity index (χ1n) is 8.79. The number of ether oxygens (including phenoxy) is 1. The summed E-state index contributed by atoms with van der Waals surface area (Å²) in [7, 11) is 0. The summed E-state index contributed by atoms with van der Waals surface area (Å²) in [5.74, 6) is 1.57. The van der Waals surface area contributed by atoms with E-state index in [4.69, 9.17) is 9.72 Å². The van der Waals surface area contributed by atoms with Crippen LogP contribution in [-0.4, -0.2) is 23.1 Å². The van der Waals surface area contributed by atoms with Crippen LogP contribution in [0, 0.1) is 0 Å². The highest BCUT2D eigenvalue weighted by atomic mass is 32.1. The monoisotopic (exact) mass is 398 g/mol. The van der Waals surface area contributed by atoms with Crippen molar-refractivity contribution in [3.05, 3.63) is 69.4 Å². The highest BCUT2D eigenvalue weighted by molar-refractivity contribution is 7.18. The standard InChI is InChI=1S/C20H19N3O2S2/c1-13(21-9-10-25-14-6-3-2-4-7-14)18-22-19(24)17-15(12-27-20(17)23-18)16-8-5-11-26-16/h2-8,11-13,21H,9-10H2,1H3,(H,22,23,24)/p+1/t13-/m1/s1. The molecule has 0 fully saturated rings. The van der Waals surface area contributed by atoms with Gasteiger partial charge in [-0.05, 0) is 30.5 Å². The van der Waals surface area contributed by atoms with E-state index in [1.807, 2.05) is 60.1 Å². The largest absolute Gasteiger partial charge is 0.488 e. The first kappa shape index (κ1) is 17.9. The zero-order valence-electron chi connectivity index (χ0n) is 14.8. The predicted octanol–water partition coefficient (Wildman–Crippen LogP) is 3.42. The lowest BCUT2D eigenvalue weighted by molar-refractivity contribution is -0.694. The number of nitrogens with one attached hydrogen (secondary N) is 1. The maximum absolute atomic E-state index is 12.7. The molecule has 7 heteroatoms. The third-order valence-corrected chi connectivity index (χ3v) is 6.11. The van der Waals surface area contributed by atoms with E-state index in [0.29, 0.717) is 17.8 Å². The Morgan fingerprint density at radius 3 is 2.81 bits per heavy atom. The van der Waals surface area contributed by atoms with Gasteiger partial charge in [0.25, 0.3) is 5.56 Å². The molecule has 4 aromatic rings. The molecule has 3 aromatic heterocycles. The lowest BCUT2D eigenvalue weighted by Gasteiger charge is -2.11. The number of fused-ring (bicyclic) bond motifs is 1. The number of hydrogen-bond acceptors (Lipinski definition) is 5. The molecule has 0 saturated carbocycles. The van der Waals surface area contributed by atoms with Gasteiger partial charge in [-0.1, -0.05) is 24.3 Å². The molecule has 5 nitrogen and oxygen atoms in total. The van der Waals surface area contributed by atoms with Crippen LogP contribution in [0.2, 0.25) is 0 Å². The Labute approximate surface area is 164 Å². The third kappa shape index (κ3) is 3.95. The summed E-state index contributed by atoms with van der Waals surface area (Å²) in [6, 6.07) is 13.8. The minimum atomic E-state index is -0.0690. The molecule has 0 aliphatic rings. The summed E-state index contributed by atoms with van der Waals surface area (Å²) in [4.78, 5) is 22.2. The van der Waals surface area contributed by atoms with Gasteiger partial charge in [0.2, 0.25) is 0 Å². The average Bonchev–Trinajstić information content (AvgIpc) is 3.35. The molecule has 0 amide bonds. The minimum Gasteiger partial charge on any atom is -0.488 e. The van der Waals surface area contributed by atoms with E-state index in [1.165, 1.54) is 11.3 Å². The molecule has 3 N–H and O–H groups in total. The Bertz CT molecular complexity index is 1070. The van der Waals surface area contributed by atoms with Crippen molar-refractivity contribution in [2.24, 2.45) is 0 Å². The van der Waals surface area contributed by atoms with Crippen molar-refractivity contribution in [1.82, 2.24) is 9.97 Å². The second kappa shape index (κ2) is 8.04. The van der Waals surface area contributed by atoms with Crippen LogP contribution in [0.25, 0.3) is 20.7 Å². The van der Waals surface area contributed by atoms with E-state index in [2.05, 4.69) is 10.3 Å². The molecule has 0 spiro atoms. The second-order valence-corrected chi connectivity index (χ2v) is 8.04. The number of thiophene rings is 2. The fourth-order valence-corrected chi connectivity index (χ4v) is 4.69. The SMILES string of the molecule is C[C@@H]([NH2+]CCOc1ccccc1)c1nc2scc(-c3cccs3)c2c(=O)[nH]1. The summed E-state index contributed by atoms with van der Waals surface area (Å²) in [6.45, 7) is 3.42. The van der Waals surface area contributed by atoms with Gasteiger partial charge < -0.3 is 15.0 Å². The predicted molar refractivity (Wildman–Crippen MR) is 111 cm³/mol. The van der Waals surface area contributed by atoms with Crippen LogP contribution in [0.1, 0.15) is 18.8 Å². The van der Waals surface area contributed by atoms with Crippen LogP contribution in [0.4, 0.5) is 0 Å². The fraction of sp³-hybridized carbons (Fsp3) is 0.200. The summed E-state index contributed by atoms with van der Waals surface area (Å²) in [6.07, 6.45) is 0. The number of nitrogens with zero attached hydrogens (tertiary/aromatic N) is 1. The molecule has 138 valence electrons. The number of nitrogens with two attached hydrogens (primary N) is 1. The van der Waals surface area contributed by atoms with Crippen LogP contribution in [0.15, 0.2) is 58.0 Å². The summed E-state index contributed by atoms with van der Waals surface area (Å²) in [5.41, 5.74) is 0.902. The molecule has 4 rings (SSSR count). The van der Waals surface area contributed by atoms with Gasteiger partial charge in [-0.25, -0.2) is 4.98 Å². The Morgan fingerprint density at radius 1 is 1.19 bits per heavy atom. The van der Waals surface area contributed by atoms with Gasteiger partial charge in [0, 0.05) is 15.8 Å². The number of aromatic nitrogens is 2. The molecular weight excluding hydrogens is 378 g/mol. The Balaban J connectivity index is 1.45. The van der Waals surface area contributed by atoms with E-state index in [-0.39, 0.29) is 11.6 Å². The van der Waals surface area contributed by atoms with E-state index < -0.39 is 0 Å². The van der Waals surface area contributed by atoms with Crippen LogP contribution >= 0.6 is 22.7 Å². The number of hydrogen-bond donors (Lipinski definition) is 2. The van der Waals surface area contributed by atoms with Crippen molar-refractivity contribution < 1.29 is 10.1 Å². The maximum Gasteiger partial charge on any atom is 0.260 e. The van der Waals surface area contributed by atoms with Gasteiger partial charge in [0.15, 0.2) is 5.82 Å². The fourth-order valence-electron chi connectivity index (χ4n) is 2.92. The summed E-state index contributed by atoms with van der Waals surface area (Å²) < 4.78 is 5.71. The van der Waals surface area contributed by atoms with Crippen LogP contribution < -0.4 is 15.6 Å². The molecule has 1 aromatic carbocycles. The van der Waals surface area contributed by atoms with Gasteiger partial charge in [-0.2, -0.15) is 0 Å². The molecule has 0 aliphatic carbocycles. The zero-order valence-corrected chi connectivity index (χ0v) is 16.5. The summed E-state index contributed by atoms with van der Waals surface area (Å²) in [5, 5.41) is 6.85. The van der Waals surface area contributed by atoms with Gasteiger partial charge in [0.1, 0.15) is 29.8 Å². The number of para-hydroxylation sites is 1. The lowest BCUT2D eigenvalue weighted by atomic mass is 10.2. The Hall–Kier alpha value is -2.48. The summed E-state index contributed by atoms with van der Waals surface area (Å²) >= 11 is 3.15. The van der Waals surface area contributed by atoms with Crippen molar-refractivity contribution in [3.63, 3.8) is 0 Å². The lowest BCUT2D eigenvalue weighted by Crippen LogP contribution is -2.86. The Morgan fingerprint density at radius 2 is 2.04 bits per heavy atom. The molecule has 0 aliphatic heterocycles. The molecule has 0 bridgehead atoms. The van der Waals surface area contributed by atoms with Crippen molar-refractivity contribution in [1.29, 1.82) is 0 Å². The average molecular weight is 399 g/mol. The highest BCUT2D eigenvalue weighted by Crippen LogP contribution is 2.33. The van der Waals surface area contributed by atoms with Crippen molar-refractivity contribution in [2.75, 3.05) is 13.2 Å². The van der Waals surface area contributed by atoms with Gasteiger partial charge in [0.05, 0.1) is 5.39 Å². The Kier molecular flexibility index (Phi) is 5.33. The highest BCUT2D eigenvalue weighted by Gasteiger charge is 2.17. The molecule has 3 heterocycles. The van der Waals surface area contributed by atoms with E-state index in [1.54, 1.807) is 11.3 Å². The first-order valence-corrected chi connectivity index (χ1v) is 10.5. The second-order valence-electron chi connectivity index (χ2n) is 6.23. The molecular formula is C20H20N3O2S2+. The quantitative estimate of drug-likeness (QED) is 0.469. The third-order valence-electron chi connectivity index (χ3n) is 4.33. The van der Waals surface area contributed by atoms with Crippen molar-refractivity contribution in [3.8, 4) is 16.2 Å². The van der Waals surface area contributed by atoms with Gasteiger partial charge in [-0.15, -0.1) is 22.7 Å². The van der Waals surface area contributed by atoms with Crippen LogP contribution in [0.5, 0.6) is 5.75 Å². The number of quaternary nitrogens is 1. The number of rotatable bonds is 7. The minimum absolute atomic E-state index is 0.0498. The molecule has 0 radical (unpaired) electrons. The van der Waals surface area contributed by atoms with Gasteiger partial charge in [-0.3, -0.25) is 4.79 Å². The number of H-pyrrole nitrogens is 1. The van der Waals surface area contributed by atoms with E-state index in [9.17, 15) is 4.79 Å². The van der Waals surface area contributed by atoms with Gasteiger partial charge >= 0.3 is 0 Å². The number of aromatic amines is 1. The van der Waals surface area contributed by atoms with Crippen molar-refractivity contribution >= 4 is 32.9 Å². The molecule has 0 unspecified atom stereocenters. The topological polar surface area (TPSA) is 71.6 Å². The maximum atomic E-state index is 12.7. The van der Waals surface area contributed by atoms with E-state index in [0.717, 1.165) is 27.6 Å². The van der Waals surface area contributed by atoms with Crippen molar-refractivity contribution in [2.45, 2.75) is 13.0 Å². The van der Waals surface area contributed by atoms with E-state index >= 15 is 0 Å². The van der Waals surface area contributed by atoms with Crippen LogP contribution in [0.3, 0.4) is 0 Å². The molecule has 27 heavy (non-hydrogen) atoms. The molecule has 0 saturated heterocycles. The zero-order chi connectivity index (χ0) is 18.6. The first-order chi connectivity index (χ1) is 13.2. The van der Waals surface area contributed by atoms with Crippen LogP contribution in [-0.2, 0) is 0 Å². The number of benzene rings is 1.